The lowest BCUT2D eigenvalue weighted by Crippen LogP contribution is -2.48. The van der Waals surface area contributed by atoms with Crippen molar-refractivity contribution in [3.8, 4) is 0 Å². The SMILES string of the molecule is CC[N+](CC)(CC)CCCCCN1C(=O)c2ccc(N)cc2C1=O. The number of imide groups is 1. The molecule has 2 rings (SSSR count). The Morgan fingerprint density at radius 2 is 1.54 bits per heavy atom. The topological polar surface area (TPSA) is 63.4 Å². The minimum atomic E-state index is -0.205. The van der Waals surface area contributed by atoms with E-state index in [2.05, 4.69) is 20.8 Å². The van der Waals surface area contributed by atoms with Crippen LogP contribution in [0.3, 0.4) is 0 Å². The van der Waals surface area contributed by atoms with Crippen LogP contribution in [0.1, 0.15) is 60.7 Å². The van der Waals surface area contributed by atoms with E-state index in [1.807, 2.05) is 0 Å². The molecule has 0 fully saturated rings. The Bertz CT molecular complexity index is 600. The van der Waals surface area contributed by atoms with Crippen molar-refractivity contribution in [3.05, 3.63) is 29.3 Å². The molecule has 0 bridgehead atoms. The molecule has 24 heavy (non-hydrogen) atoms. The molecule has 132 valence electrons. The molecule has 1 aromatic rings. The van der Waals surface area contributed by atoms with Gasteiger partial charge >= 0.3 is 0 Å². The first-order valence-corrected chi connectivity index (χ1v) is 9.08. The van der Waals surface area contributed by atoms with Gasteiger partial charge in [-0.25, -0.2) is 0 Å². The zero-order chi connectivity index (χ0) is 17.7. The fourth-order valence-corrected chi connectivity index (χ4v) is 3.55. The van der Waals surface area contributed by atoms with Crippen molar-refractivity contribution in [2.75, 3.05) is 38.5 Å². The monoisotopic (exact) mass is 332 g/mol. The number of nitrogens with zero attached hydrogens (tertiary/aromatic N) is 2. The number of nitrogens with two attached hydrogens (primary N) is 1. The molecule has 0 spiro atoms. The molecule has 0 unspecified atom stereocenters. The van der Waals surface area contributed by atoms with Crippen LogP contribution < -0.4 is 5.73 Å². The molecular weight excluding hydrogens is 302 g/mol. The van der Waals surface area contributed by atoms with Gasteiger partial charge in [0.2, 0.25) is 0 Å². The molecule has 1 aromatic carbocycles. The first-order chi connectivity index (χ1) is 11.5. The van der Waals surface area contributed by atoms with Crippen LogP contribution in [0.4, 0.5) is 5.69 Å². The lowest BCUT2D eigenvalue weighted by Gasteiger charge is -2.35. The third-order valence-electron chi connectivity index (χ3n) is 5.52. The zero-order valence-corrected chi connectivity index (χ0v) is 15.2. The first-order valence-electron chi connectivity index (χ1n) is 9.08. The maximum absolute atomic E-state index is 12.4. The highest BCUT2D eigenvalue weighted by molar-refractivity contribution is 6.21. The van der Waals surface area contributed by atoms with Gasteiger partial charge in [0.25, 0.3) is 11.8 Å². The van der Waals surface area contributed by atoms with Gasteiger partial charge in [0.1, 0.15) is 0 Å². The van der Waals surface area contributed by atoms with Crippen molar-refractivity contribution in [2.24, 2.45) is 0 Å². The van der Waals surface area contributed by atoms with E-state index in [9.17, 15) is 9.59 Å². The third kappa shape index (κ3) is 3.61. The van der Waals surface area contributed by atoms with E-state index >= 15 is 0 Å². The number of quaternary nitrogens is 1. The van der Waals surface area contributed by atoms with Crippen LogP contribution in [0.5, 0.6) is 0 Å². The molecule has 1 aliphatic heterocycles. The van der Waals surface area contributed by atoms with Gasteiger partial charge in [-0.1, -0.05) is 0 Å². The molecule has 5 nitrogen and oxygen atoms in total. The number of hydrogen-bond donors (Lipinski definition) is 1. The lowest BCUT2D eigenvalue weighted by atomic mass is 10.1. The van der Waals surface area contributed by atoms with Crippen LogP contribution in [-0.4, -0.2) is 53.9 Å². The van der Waals surface area contributed by atoms with Crippen LogP contribution in [0.15, 0.2) is 18.2 Å². The normalized spacial score (nSPS) is 14.4. The predicted molar refractivity (Wildman–Crippen MR) is 96.8 cm³/mol. The van der Waals surface area contributed by atoms with Gasteiger partial charge in [-0.05, 0) is 58.2 Å². The van der Waals surface area contributed by atoms with Crippen LogP contribution >= 0.6 is 0 Å². The minimum Gasteiger partial charge on any atom is -0.399 e. The van der Waals surface area contributed by atoms with Crippen molar-refractivity contribution in [2.45, 2.75) is 40.0 Å². The molecule has 2 N–H and O–H groups in total. The molecule has 0 radical (unpaired) electrons. The summed E-state index contributed by atoms with van der Waals surface area (Å²) in [6.07, 6.45) is 3.03. The largest absolute Gasteiger partial charge is 0.399 e. The zero-order valence-electron chi connectivity index (χ0n) is 15.2. The van der Waals surface area contributed by atoms with Crippen LogP contribution in [-0.2, 0) is 0 Å². The van der Waals surface area contributed by atoms with Crippen molar-refractivity contribution >= 4 is 17.5 Å². The first kappa shape index (κ1) is 18.5. The number of amides is 2. The summed E-state index contributed by atoms with van der Waals surface area (Å²) < 4.78 is 1.15. The van der Waals surface area contributed by atoms with E-state index in [-0.39, 0.29) is 11.8 Å². The summed E-state index contributed by atoms with van der Waals surface area (Å²) in [5.74, 6) is -0.390. The third-order valence-corrected chi connectivity index (χ3v) is 5.52. The molecule has 1 aliphatic rings. The lowest BCUT2D eigenvalue weighted by molar-refractivity contribution is -0.923. The highest BCUT2D eigenvalue weighted by Crippen LogP contribution is 2.25. The Balaban J connectivity index is 1.84. The number of carbonyl (C=O) groups is 2. The van der Waals surface area contributed by atoms with E-state index in [1.165, 1.54) is 11.4 Å². The van der Waals surface area contributed by atoms with Crippen LogP contribution in [0.2, 0.25) is 0 Å². The van der Waals surface area contributed by atoms with Crippen molar-refractivity contribution in [1.29, 1.82) is 0 Å². The summed E-state index contributed by atoms with van der Waals surface area (Å²) in [6, 6.07) is 4.93. The van der Waals surface area contributed by atoms with Gasteiger partial charge < -0.3 is 10.2 Å². The Hall–Kier alpha value is -1.88. The Morgan fingerprint density at radius 1 is 0.917 bits per heavy atom. The summed E-state index contributed by atoms with van der Waals surface area (Å²) in [4.78, 5) is 26.1. The van der Waals surface area contributed by atoms with Gasteiger partial charge in [0, 0.05) is 12.2 Å². The number of fused-ring (bicyclic) bond motifs is 1. The molecule has 0 atom stereocenters. The molecular formula is C19H30N3O2+. The molecule has 1 heterocycles. The van der Waals surface area contributed by atoms with Gasteiger partial charge in [0.05, 0.1) is 37.3 Å². The fourth-order valence-electron chi connectivity index (χ4n) is 3.55. The number of carbonyl (C=O) groups excluding carboxylic acids is 2. The maximum atomic E-state index is 12.4. The number of rotatable bonds is 9. The van der Waals surface area contributed by atoms with E-state index in [0.717, 1.165) is 43.4 Å². The maximum Gasteiger partial charge on any atom is 0.261 e. The highest BCUT2D eigenvalue weighted by Gasteiger charge is 2.35. The van der Waals surface area contributed by atoms with Crippen LogP contribution in [0.25, 0.3) is 0 Å². The van der Waals surface area contributed by atoms with Gasteiger partial charge in [-0.2, -0.15) is 0 Å². The second kappa shape index (κ2) is 7.79. The number of anilines is 1. The quantitative estimate of drug-likeness (QED) is 0.327. The summed E-state index contributed by atoms with van der Waals surface area (Å²) in [5.41, 5.74) is 7.16. The Kier molecular flexibility index (Phi) is 5.99. The van der Waals surface area contributed by atoms with E-state index in [0.29, 0.717) is 23.4 Å². The molecule has 0 aliphatic carbocycles. The number of nitrogen functional groups attached to an aromatic ring is 1. The Labute approximate surface area is 145 Å². The highest BCUT2D eigenvalue weighted by atomic mass is 16.2. The average Bonchev–Trinajstić information content (AvgIpc) is 2.83. The van der Waals surface area contributed by atoms with Crippen LogP contribution in [0, 0.1) is 0 Å². The smallest absolute Gasteiger partial charge is 0.261 e. The molecule has 2 amide bonds. The summed E-state index contributed by atoms with van der Waals surface area (Å²) >= 11 is 0. The molecule has 0 saturated heterocycles. The average molecular weight is 332 g/mol. The predicted octanol–water partition coefficient (Wildman–Crippen LogP) is 2.91. The van der Waals surface area contributed by atoms with E-state index in [1.54, 1.807) is 18.2 Å². The van der Waals surface area contributed by atoms with E-state index in [4.69, 9.17) is 5.73 Å². The second-order valence-electron chi connectivity index (χ2n) is 6.64. The number of benzene rings is 1. The summed E-state index contributed by atoms with van der Waals surface area (Å²) in [6.45, 7) is 11.9. The van der Waals surface area contributed by atoms with Gasteiger partial charge in [-0.15, -0.1) is 0 Å². The molecule has 5 heteroatoms. The fraction of sp³-hybridized carbons (Fsp3) is 0.579. The summed E-state index contributed by atoms with van der Waals surface area (Å²) in [7, 11) is 0. The van der Waals surface area contributed by atoms with Crippen molar-refractivity contribution in [3.63, 3.8) is 0 Å². The number of unbranched alkanes of at least 4 members (excludes halogenated alkanes) is 2. The second-order valence-corrected chi connectivity index (χ2v) is 6.64. The van der Waals surface area contributed by atoms with Crippen molar-refractivity contribution in [1.82, 2.24) is 4.90 Å². The van der Waals surface area contributed by atoms with Crippen molar-refractivity contribution < 1.29 is 14.1 Å². The summed E-state index contributed by atoms with van der Waals surface area (Å²) in [5, 5.41) is 0. The Morgan fingerprint density at radius 3 is 2.17 bits per heavy atom. The van der Waals surface area contributed by atoms with Gasteiger partial charge in [0.15, 0.2) is 0 Å². The molecule has 0 aromatic heterocycles. The number of hydrogen-bond acceptors (Lipinski definition) is 3. The van der Waals surface area contributed by atoms with Gasteiger partial charge in [-0.3, -0.25) is 14.5 Å². The van der Waals surface area contributed by atoms with E-state index < -0.39 is 0 Å². The standard InChI is InChI=1S/C19H29N3O2/c1-4-22(5-2,6-3)13-9-7-8-12-21-18(23)16-11-10-15(20)14-17(16)19(21)24/h10-11,14H,4-9,12-13H2,1-3H3,(H-,20,23)/p+1. The minimum absolute atomic E-state index is 0.184. The molecule has 0 saturated carbocycles.